The fraction of sp³-hybridized carbons (Fsp3) is 0.375. The van der Waals surface area contributed by atoms with Crippen LogP contribution in [0.15, 0.2) is 48.5 Å². The Hall–Kier alpha value is -3.04. The molecule has 0 radical (unpaired) electrons. The highest BCUT2D eigenvalue weighted by atomic mass is 35.5. The number of amides is 1. The number of rotatable bonds is 4. The molecule has 1 amide bonds. The topological polar surface area (TPSA) is 84.6 Å². The molecule has 31 heavy (non-hydrogen) atoms. The fourth-order valence-corrected chi connectivity index (χ4v) is 5.02. The lowest BCUT2D eigenvalue weighted by atomic mass is 9.93. The summed E-state index contributed by atoms with van der Waals surface area (Å²) in [6.45, 7) is 1.43. The third-order valence-corrected chi connectivity index (χ3v) is 6.74. The first-order valence-corrected chi connectivity index (χ1v) is 10.9. The number of nitriles is 1. The maximum Gasteiger partial charge on any atom is 0.326 e. The Labute approximate surface area is 186 Å². The SMILES string of the molecule is N#Cc1ccc(N2CCC(C(=O)N3[C@@H](c4ccccc4Cl)CC[C@H]3C(=O)O)CC2)cc1. The molecule has 2 saturated heterocycles. The lowest BCUT2D eigenvalue weighted by molar-refractivity contribution is -0.152. The van der Waals surface area contributed by atoms with E-state index in [2.05, 4.69) is 11.0 Å². The van der Waals surface area contributed by atoms with E-state index in [-0.39, 0.29) is 17.9 Å². The molecular weight excluding hydrogens is 414 g/mol. The Bertz CT molecular complexity index is 1010. The average molecular weight is 438 g/mol. The van der Waals surface area contributed by atoms with Gasteiger partial charge in [0.2, 0.25) is 5.91 Å². The number of carboxylic acids is 1. The average Bonchev–Trinajstić information content (AvgIpc) is 3.24. The molecule has 2 atom stereocenters. The van der Waals surface area contributed by atoms with Crippen LogP contribution in [0.5, 0.6) is 0 Å². The van der Waals surface area contributed by atoms with Gasteiger partial charge in [0.1, 0.15) is 6.04 Å². The molecule has 6 nitrogen and oxygen atoms in total. The Morgan fingerprint density at radius 3 is 2.29 bits per heavy atom. The molecule has 2 aromatic carbocycles. The minimum Gasteiger partial charge on any atom is -0.480 e. The van der Waals surface area contributed by atoms with Crippen LogP contribution in [0, 0.1) is 17.2 Å². The number of nitrogens with zero attached hydrogens (tertiary/aromatic N) is 3. The van der Waals surface area contributed by atoms with Crippen molar-refractivity contribution < 1.29 is 14.7 Å². The van der Waals surface area contributed by atoms with Crippen LogP contribution in [-0.2, 0) is 9.59 Å². The summed E-state index contributed by atoms with van der Waals surface area (Å²) < 4.78 is 0. The second-order valence-corrected chi connectivity index (χ2v) is 8.54. The summed E-state index contributed by atoms with van der Waals surface area (Å²) in [6.07, 6.45) is 2.35. The summed E-state index contributed by atoms with van der Waals surface area (Å²) in [6, 6.07) is 15.8. The molecule has 2 fully saturated rings. The highest BCUT2D eigenvalue weighted by Crippen LogP contribution is 2.41. The number of anilines is 1. The molecule has 0 saturated carbocycles. The van der Waals surface area contributed by atoms with Crippen LogP contribution in [0.1, 0.15) is 42.9 Å². The number of aliphatic carboxylic acids is 1. The number of carboxylic acid groups (broad SMARTS) is 1. The number of likely N-dealkylation sites (tertiary alicyclic amines) is 1. The zero-order valence-corrected chi connectivity index (χ0v) is 17.8. The van der Waals surface area contributed by atoms with Crippen LogP contribution in [0.4, 0.5) is 5.69 Å². The lowest BCUT2D eigenvalue weighted by Crippen LogP contribution is -2.47. The van der Waals surface area contributed by atoms with Crippen molar-refractivity contribution in [3.05, 3.63) is 64.7 Å². The van der Waals surface area contributed by atoms with Crippen molar-refractivity contribution in [2.75, 3.05) is 18.0 Å². The zero-order valence-electron chi connectivity index (χ0n) is 17.1. The predicted molar refractivity (Wildman–Crippen MR) is 118 cm³/mol. The summed E-state index contributed by atoms with van der Waals surface area (Å²) in [4.78, 5) is 29.2. The number of hydrogen-bond donors (Lipinski definition) is 1. The first kappa shape index (κ1) is 21.2. The van der Waals surface area contributed by atoms with Crippen LogP contribution in [0.2, 0.25) is 5.02 Å². The molecule has 2 aliphatic rings. The number of carbonyl (C=O) groups is 2. The molecule has 4 rings (SSSR count). The summed E-state index contributed by atoms with van der Waals surface area (Å²) in [5.74, 6) is -1.26. The van der Waals surface area contributed by atoms with Crippen molar-refractivity contribution in [2.45, 2.75) is 37.8 Å². The molecule has 0 bridgehead atoms. The van der Waals surface area contributed by atoms with Crippen molar-refractivity contribution >= 4 is 29.2 Å². The smallest absolute Gasteiger partial charge is 0.326 e. The van der Waals surface area contributed by atoms with Gasteiger partial charge in [0.15, 0.2) is 0 Å². The van der Waals surface area contributed by atoms with E-state index >= 15 is 0 Å². The van der Waals surface area contributed by atoms with E-state index < -0.39 is 12.0 Å². The molecule has 1 N–H and O–H groups in total. The Balaban J connectivity index is 1.49. The predicted octanol–water partition coefficient (Wildman–Crippen LogP) is 4.24. The molecule has 2 aliphatic heterocycles. The third-order valence-electron chi connectivity index (χ3n) is 6.39. The maximum absolute atomic E-state index is 13.5. The van der Waals surface area contributed by atoms with Gasteiger partial charge < -0.3 is 14.9 Å². The van der Waals surface area contributed by atoms with E-state index in [9.17, 15) is 14.7 Å². The van der Waals surface area contributed by atoms with Crippen LogP contribution < -0.4 is 4.90 Å². The molecule has 160 valence electrons. The molecule has 0 spiro atoms. The summed E-state index contributed by atoms with van der Waals surface area (Å²) >= 11 is 6.38. The quantitative estimate of drug-likeness (QED) is 0.773. The van der Waals surface area contributed by atoms with Gasteiger partial charge in [0.05, 0.1) is 17.7 Å². The van der Waals surface area contributed by atoms with Crippen molar-refractivity contribution in [1.29, 1.82) is 5.26 Å². The Morgan fingerprint density at radius 2 is 1.68 bits per heavy atom. The maximum atomic E-state index is 13.5. The van der Waals surface area contributed by atoms with Gasteiger partial charge in [-0.1, -0.05) is 29.8 Å². The van der Waals surface area contributed by atoms with E-state index in [0.717, 1.165) is 11.3 Å². The van der Waals surface area contributed by atoms with Crippen LogP contribution in [0.3, 0.4) is 0 Å². The second-order valence-electron chi connectivity index (χ2n) is 8.13. The molecule has 0 unspecified atom stereocenters. The van der Waals surface area contributed by atoms with Gasteiger partial charge in [-0.3, -0.25) is 4.79 Å². The van der Waals surface area contributed by atoms with E-state index in [1.54, 1.807) is 23.1 Å². The van der Waals surface area contributed by atoms with Crippen LogP contribution in [-0.4, -0.2) is 41.0 Å². The zero-order chi connectivity index (χ0) is 22.0. The summed E-state index contributed by atoms with van der Waals surface area (Å²) in [5.41, 5.74) is 2.47. The van der Waals surface area contributed by atoms with Crippen molar-refractivity contribution in [3.8, 4) is 6.07 Å². The fourth-order valence-electron chi connectivity index (χ4n) is 4.75. The van der Waals surface area contributed by atoms with Gasteiger partial charge in [0.25, 0.3) is 0 Å². The third kappa shape index (κ3) is 4.24. The lowest BCUT2D eigenvalue weighted by Gasteiger charge is -2.37. The monoisotopic (exact) mass is 437 g/mol. The normalized spacial score (nSPS) is 21.7. The molecule has 0 aromatic heterocycles. The van der Waals surface area contributed by atoms with Crippen molar-refractivity contribution in [3.63, 3.8) is 0 Å². The number of halogens is 1. The number of piperidine rings is 1. The van der Waals surface area contributed by atoms with Gasteiger partial charge in [-0.2, -0.15) is 5.26 Å². The van der Waals surface area contributed by atoms with Crippen LogP contribution in [0.25, 0.3) is 0 Å². The first-order chi connectivity index (χ1) is 15.0. The molecule has 0 aliphatic carbocycles. The number of benzene rings is 2. The second kappa shape index (κ2) is 8.99. The van der Waals surface area contributed by atoms with Gasteiger partial charge in [-0.15, -0.1) is 0 Å². The van der Waals surface area contributed by atoms with Crippen molar-refractivity contribution in [1.82, 2.24) is 4.90 Å². The summed E-state index contributed by atoms with van der Waals surface area (Å²) in [7, 11) is 0. The number of hydrogen-bond acceptors (Lipinski definition) is 4. The Morgan fingerprint density at radius 1 is 1.00 bits per heavy atom. The highest BCUT2D eigenvalue weighted by Gasteiger charge is 2.44. The van der Waals surface area contributed by atoms with Gasteiger partial charge >= 0.3 is 5.97 Å². The molecule has 2 aromatic rings. The van der Waals surface area contributed by atoms with Gasteiger partial charge in [-0.25, -0.2) is 4.79 Å². The van der Waals surface area contributed by atoms with Crippen molar-refractivity contribution in [2.24, 2.45) is 5.92 Å². The van der Waals surface area contributed by atoms with Gasteiger partial charge in [-0.05, 0) is 61.6 Å². The molecular formula is C24H24ClN3O3. The largest absolute Gasteiger partial charge is 0.480 e. The van der Waals surface area contributed by atoms with E-state index in [1.807, 2.05) is 30.3 Å². The van der Waals surface area contributed by atoms with E-state index in [0.29, 0.717) is 49.4 Å². The van der Waals surface area contributed by atoms with E-state index in [4.69, 9.17) is 16.9 Å². The first-order valence-electron chi connectivity index (χ1n) is 10.5. The standard InChI is InChI=1S/C24H24ClN3O3/c25-20-4-2-1-3-19(20)21-9-10-22(24(30)31)28(21)23(29)17-11-13-27(14-12-17)18-7-5-16(15-26)6-8-18/h1-8,17,21-22H,9-14H2,(H,30,31)/t21-,22+/m1/s1. The number of carbonyl (C=O) groups excluding carboxylic acids is 1. The minimum atomic E-state index is -0.960. The highest BCUT2D eigenvalue weighted by molar-refractivity contribution is 6.31. The Kier molecular flexibility index (Phi) is 6.15. The summed E-state index contributed by atoms with van der Waals surface area (Å²) in [5, 5.41) is 19.3. The minimum absolute atomic E-state index is 0.0886. The van der Waals surface area contributed by atoms with Crippen LogP contribution >= 0.6 is 11.6 Å². The molecule has 7 heteroatoms. The van der Waals surface area contributed by atoms with E-state index in [1.165, 1.54) is 0 Å². The van der Waals surface area contributed by atoms with Gasteiger partial charge in [0, 0.05) is 29.7 Å². The molecule has 2 heterocycles.